The van der Waals surface area contributed by atoms with E-state index in [9.17, 15) is 16.8 Å². The van der Waals surface area contributed by atoms with Gasteiger partial charge in [0.15, 0.2) is 11.1 Å². The van der Waals surface area contributed by atoms with Gasteiger partial charge >= 0.3 is 0 Å². The van der Waals surface area contributed by atoms with E-state index in [0.717, 1.165) is 10.9 Å². The highest BCUT2D eigenvalue weighted by Crippen LogP contribution is 2.20. The third kappa shape index (κ3) is 3.43. The average Bonchev–Trinajstić information content (AvgIpc) is 2.59. The number of primary sulfonamides is 1. The van der Waals surface area contributed by atoms with Crippen LogP contribution < -0.4 is 9.86 Å². The minimum Gasteiger partial charge on any atom is -0.272 e. The first kappa shape index (κ1) is 15.4. The van der Waals surface area contributed by atoms with Gasteiger partial charge in [0, 0.05) is 13.2 Å². The number of nitrogens with two attached hydrogens (primary N) is 1. The van der Waals surface area contributed by atoms with Gasteiger partial charge in [-0.1, -0.05) is 6.92 Å². The molecule has 0 spiro atoms. The van der Waals surface area contributed by atoms with Gasteiger partial charge in [-0.25, -0.2) is 22.0 Å². The van der Waals surface area contributed by atoms with Crippen molar-refractivity contribution in [1.29, 1.82) is 5.26 Å². The van der Waals surface area contributed by atoms with Crippen LogP contribution in [-0.2, 0) is 27.1 Å². The van der Waals surface area contributed by atoms with E-state index in [0.29, 0.717) is 0 Å². The predicted octanol–water partition coefficient (Wildman–Crippen LogP) is -0.889. The van der Waals surface area contributed by atoms with Gasteiger partial charge in [0.2, 0.25) is 20.0 Å². The van der Waals surface area contributed by atoms with Gasteiger partial charge in [-0.05, 0) is 6.42 Å². The van der Waals surface area contributed by atoms with Crippen molar-refractivity contribution in [3.8, 4) is 6.07 Å². The first-order chi connectivity index (χ1) is 8.61. The number of anilines is 1. The summed E-state index contributed by atoms with van der Waals surface area (Å²) < 4.78 is 49.3. The van der Waals surface area contributed by atoms with E-state index < -0.39 is 36.0 Å². The molecule has 11 heteroatoms. The van der Waals surface area contributed by atoms with Gasteiger partial charge in [0.25, 0.3) is 0 Å². The monoisotopic (exact) mass is 307 g/mol. The molecule has 0 aliphatic heterocycles. The summed E-state index contributed by atoms with van der Waals surface area (Å²) >= 11 is 0. The zero-order valence-corrected chi connectivity index (χ0v) is 11.9. The number of nitrogens with one attached hydrogen (secondary N) is 1. The molecule has 0 bridgehead atoms. The van der Waals surface area contributed by atoms with Crippen LogP contribution in [0.3, 0.4) is 0 Å². The minimum atomic E-state index is -4.12. The zero-order chi connectivity index (χ0) is 14.8. The molecule has 0 amide bonds. The molecular weight excluding hydrogens is 294 g/mol. The number of nitriles is 1. The van der Waals surface area contributed by atoms with Crippen LogP contribution in [0.4, 0.5) is 5.82 Å². The Morgan fingerprint density at radius 1 is 1.53 bits per heavy atom. The fraction of sp³-hybridized carbons (Fsp3) is 0.500. The molecule has 1 rings (SSSR count). The molecule has 0 aliphatic rings. The maximum absolute atomic E-state index is 11.8. The average molecular weight is 307 g/mol. The molecular formula is C8H13N5O4S2. The second-order valence-corrected chi connectivity index (χ2v) is 7.13. The Labute approximate surface area is 111 Å². The Morgan fingerprint density at radius 3 is 2.53 bits per heavy atom. The maximum atomic E-state index is 11.8. The number of aromatic nitrogens is 2. The van der Waals surface area contributed by atoms with E-state index in [1.807, 2.05) is 4.72 Å². The standard InChI is InChI=1S/C8H13N5O4S2/c1-3-6(4-9)19(16,17)12-8-7(18(10,14)15)5-13(2)11-8/h5-6H,3H2,1-2H3,(H,11,12)(H2,10,14,15). The van der Waals surface area contributed by atoms with Crippen LogP contribution in [0.5, 0.6) is 0 Å². The Hall–Kier alpha value is -1.64. The quantitative estimate of drug-likeness (QED) is 0.721. The number of sulfonamides is 2. The van der Waals surface area contributed by atoms with E-state index in [1.165, 1.54) is 14.0 Å². The first-order valence-corrected chi connectivity index (χ1v) is 8.18. The molecule has 1 heterocycles. The van der Waals surface area contributed by atoms with E-state index in [4.69, 9.17) is 10.4 Å². The fourth-order valence-electron chi connectivity index (χ4n) is 1.33. The van der Waals surface area contributed by atoms with Crippen LogP contribution >= 0.6 is 0 Å². The van der Waals surface area contributed by atoms with E-state index in [-0.39, 0.29) is 6.42 Å². The molecule has 1 atom stereocenters. The molecule has 1 aromatic rings. The molecule has 9 nitrogen and oxygen atoms in total. The summed E-state index contributed by atoms with van der Waals surface area (Å²) in [6, 6.07) is 1.61. The SMILES string of the molecule is CCC(C#N)S(=O)(=O)Nc1nn(C)cc1S(N)(=O)=O. The summed E-state index contributed by atoms with van der Waals surface area (Å²) in [6.07, 6.45) is 1.13. The van der Waals surface area contributed by atoms with Crippen molar-refractivity contribution in [2.24, 2.45) is 12.2 Å². The minimum absolute atomic E-state index is 0.0589. The van der Waals surface area contributed by atoms with Crippen molar-refractivity contribution < 1.29 is 16.8 Å². The number of aryl methyl sites for hydroxylation is 1. The molecule has 0 fully saturated rings. The number of hydrogen-bond acceptors (Lipinski definition) is 6. The van der Waals surface area contributed by atoms with Crippen molar-refractivity contribution in [3.63, 3.8) is 0 Å². The number of nitrogens with zero attached hydrogens (tertiary/aromatic N) is 3. The lowest BCUT2D eigenvalue weighted by Gasteiger charge is -2.09. The highest BCUT2D eigenvalue weighted by molar-refractivity contribution is 7.93. The Morgan fingerprint density at radius 2 is 2.11 bits per heavy atom. The third-order valence-corrected chi connectivity index (χ3v) is 4.81. The topological polar surface area (TPSA) is 148 Å². The lowest BCUT2D eigenvalue weighted by Crippen LogP contribution is -2.27. The molecule has 0 saturated heterocycles. The lowest BCUT2D eigenvalue weighted by atomic mass is 10.4. The molecule has 106 valence electrons. The largest absolute Gasteiger partial charge is 0.272 e. The summed E-state index contributed by atoms with van der Waals surface area (Å²) in [6.45, 7) is 1.52. The van der Waals surface area contributed by atoms with Gasteiger partial charge in [0.1, 0.15) is 4.90 Å². The van der Waals surface area contributed by atoms with Crippen LogP contribution in [0.2, 0.25) is 0 Å². The second-order valence-electron chi connectivity index (χ2n) is 3.73. The van der Waals surface area contributed by atoms with Gasteiger partial charge in [0.05, 0.1) is 6.07 Å². The lowest BCUT2D eigenvalue weighted by molar-refractivity contribution is 0.592. The normalized spacial score (nSPS) is 13.8. The van der Waals surface area contributed by atoms with Crippen LogP contribution in [0.15, 0.2) is 11.1 Å². The third-order valence-electron chi connectivity index (χ3n) is 2.23. The molecule has 1 unspecified atom stereocenters. The van der Waals surface area contributed by atoms with Crippen molar-refractivity contribution in [2.75, 3.05) is 4.72 Å². The Balaban J connectivity index is 3.26. The van der Waals surface area contributed by atoms with Gasteiger partial charge in [-0.2, -0.15) is 10.4 Å². The van der Waals surface area contributed by atoms with Crippen molar-refractivity contribution >= 4 is 25.9 Å². The van der Waals surface area contributed by atoms with Crippen LogP contribution in [0.25, 0.3) is 0 Å². The van der Waals surface area contributed by atoms with Crippen LogP contribution in [0.1, 0.15) is 13.3 Å². The van der Waals surface area contributed by atoms with Crippen LogP contribution in [0, 0.1) is 11.3 Å². The summed E-state index contributed by atoms with van der Waals surface area (Å²) in [4.78, 5) is -0.452. The first-order valence-electron chi connectivity index (χ1n) is 5.09. The van der Waals surface area contributed by atoms with E-state index in [1.54, 1.807) is 6.07 Å². The predicted molar refractivity (Wildman–Crippen MR) is 66.8 cm³/mol. The maximum Gasteiger partial charge on any atom is 0.250 e. The Bertz CT molecular complexity index is 713. The number of hydrogen-bond donors (Lipinski definition) is 2. The summed E-state index contributed by atoms with van der Waals surface area (Å²) in [5, 5.41) is 16.1. The number of rotatable bonds is 5. The second kappa shape index (κ2) is 5.16. The molecule has 0 saturated carbocycles. The summed E-state index contributed by atoms with van der Waals surface area (Å²) in [7, 11) is -6.76. The Kier molecular flexibility index (Phi) is 4.18. The summed E-state index contributed by atoms with van der Waals surface area (Å²) in [5.74, 6) is -0.418. The van der Waals surface area contributed by atoms with E-state index >= 15 is 0 Å². The van der Waals surface area contributed by atoms with Crippen molar-refractivity contribution in [2.45, 2.75) is 23.5 Å². The molecule has 0 radical (unpaired) electrons. The molecule has 19 heavy (non-hydrogen) atoms. The van der Waals surface area contributed by atoms with Crippen molar-refractivity contribution in [3.05, 3.63) is 6.20 Å². The molecule has 3 N–H and O–H groups in total. The molecule has 1 aromatic heterocycles. The van der Waals surface area contributed by atoms with Gasteiger partial charge in [-0.3, -0.25) is 9.40 Å². The van der Waals surface area contributed by atoms with Crippen LogP contribution in [-0.4, -0.2) is 31.9 Å². The molecule has 0 aliphatic carbocycles. The fourth-order valence-corrected chi connectivity index (χ4v) is 3.20. The summed E-state index contributed by atoms with van der Waals surface area (Å²) in [5.41, 5.74) is 0. The van der Waals surface area contributed by atoms with Crippen molar-refractivity contribution in [1.82, 2.24) is 9.78 Å². The highest BCUT2D eigenvalue weighted by atomic mass is 32.2. The zero-order valence-electron chi connectivity index (χ0n) is 10.2. The van der Waals surface area contributed by atoms with Gasteiger partial charge in [-0.15, -0.1) is 0 Å². The van der Waals surface area contributed by atoms with Gasteiger partial charge < -0.3 is 0 Å². The highest BCUT2D eigenvalue weighted by Gasteiger charge is 2.28. The van der Waals surface area contributed by atoms with E-state index in [2.05, 4.69) is 5.10 Å². The molecule has 0 aromatic carbocycles. The smallest absolute Gasteiger partial charge is 0.250 e.